The molecule has 9 heteroatoms. The molecule has 304 valence electrons. The van der Waals surface area contributed by atoms with Crippen LogP contribution in [0, 0.1) is 0 Å². The number of nitrogens with one attached hydrogen (secondary N) is 1. The third kappa shape index (κ3) is 37.4. The summed E-state index contributed by atoms with van der Waals surface area (Å²) in [6, 6.07) is -0.755. The second-order valence-corrected chi connectivity index (χ2v) is 17.5. The van der Waals surface area contributed by atoms with Gasteiger partial charge in [-0.2, -0.15) is 0 Å². The fraction of sp³-hybridized carbons (Fsp3) is 0.929. The number of phosphoric acid groups is 1. The maximum Gasteiger partial charge on any atom is 0.472 e. The highest BCUT2D eigenvalue weighted by Crippen LogP contribution is 2.43. The normalized spacial score (nSPS) is 14.6. The SMILES string of the molecule is CCCCCCCCCC/C=C\CCCCCCCCCCCC(=O)NC(COP(=O)(O)OCC[N+](C)(C)C)C(O)CCCCCCCCCC. The van der Waals surface area contributed by atoms with Gasteiger partial charge in [-0.3, -0.25) is 13.8 Å². The zero-order chi connectivity index (χ0) is 37.9. The van der Waals surface area contributed by atoms with Gasteiger partial charge in [0.2, 0.25) is 5.91 Å². The largest absolute Gasteiger partial charge is 0.472 e. The number of hydrogen-bond acceptors (Lipinski definition) is 5. The van der Waals surface area contributed by atoms with Crippen LogP contribution in [0.3, 0.4) is 0 Å². The number of phosphoric ester groups is 1. The van der Waals surface area contributed by atoms with Gasteiger partial charge in [0.1, 0.15) is 13.2 Å². The number of rotatable bonds is 39. The van der Waals surface area contributed by atoms with E-state index >= 15 is 0 Å². The molecular weight excluding hydrogens is 659 g/mol. The molecule has 1 amide bonds. The third-order valence-corrected chi connectivity index (χ3v) is 10.7. The number of amides is 1. The number of unbranched alkanes of at least 4 members (excludes halogenated alkanes) is 24. The van der Waals surface area contributed by atoms with E-state index in [-0.39, 0.29) is 19.1 Å². The number of allylic oxidation sites excluding steroid dienone is 2. The molecule has 51 heavy (non-hydrogen) atoms. The molecule has 0 rings (SSSR count). The topological polar surface area (TPSA) is 105 Å². The van der Waals surface area contributed by atoms with E-state index in [0.29, 0.717) is 23.9 Å². The lowest BCUT2D eigenvalue weighted by Gasteiger charge is -2.26. The van der Waals surface area contributed by atoms with Crippen molar-refractivity contribution in [2.24, 2.45) is 0 Å². The Morgan fingerprint density at radius 1 is 0.647 bits per heavy atom. The van der Waals surface area contributed by atoms with Gasteiger partial charge in [0, 0.05) is 6.42 Å². The molecule has 0 saturated carbocycles. The molecule has 0 aromatic heterocycles. The highest BCUT2D eigenvalue weighted by atomic mass is 31.2. The molecule has 3 unspecified atom stereocenters. The first-order valence-electron chi connectivity index (χ1n) is 21.6. The van der Waals surface area contributed by atoms with Crippen molar-refractivity contribution in [1.29, 1.82) is 0 Å². The van der Waals surface area contributed by atoms with Crippen molar-refractivity contribution in [2.45, 2.75) is 212 Å². The molecule has 0 saturated heterocycles. The molecule has 0 aromatic rings. The number of aliphatic hydroxyl groups is 1. The number of quaternary nitrogens is 1. The summed E-state index contributed by atoms with van der Waals surface area (Å²) in [5, 5.41) is 13.8. The van der Waals surface area contributed by atoms with E-state index in [0.717, 1.165) is 38.5 Å². The Kier molecular flexibility index (Phi) is 34.5. The van der Waals surface area contributed by atoms with Crippen molar-refractivity contribution >= 4 is 13.7 Å². The first-order chi connectivity index (χ1) is 24.5. The number of carbonyl (C=O) groups excluding carboxylic acids is 1. The van der Waals surface area contributed by atoms with Crippen LogP contribution in [0.25, 0.3) is 0 Å². The fourth-order valence-electron chi connectivity index (χ4n) is 6.28. The number of hydrogen-bond donors (Lipinski definition) is 3. The van der Waals surface area contributed by atoms with Crippen molar-refractivity contribution in [3.05, 3.63) is 12.2 Å². The average Bonchev–Trinajstić information content (AvgIpc) is 3.07. The van der Waals surface area contributed by atoms with E-state index in [9.17, 15) is 19.4 Å². The van der Waals surface area contributed by atoms with Crippen LogP contribution in [0.4, 0.5) is 0 Å². The summed E-state index contributed by atoms with van der Waals surface area (Å²) in [4.78, 5) is 23.0. The summed E-state index contributed by atoms with van der Waals surface area (Å²) in [6.07, 6.45) is 38.2. The summed E-state index contributed by atoms with van der Waals surface area (Å²) in [7, 11) is 1.62. The summed E-state index contributed by atoms with van der Waals surface area (Å²) in [5.74, 6) is -0.149. The van der Waals surface area contributed by atoms with Gasteiger partial charge in [-0.15, -0.1) is 0 Å². The van der Waals surface area contributed by atoms with Crippen LogP contribution in [0.2, 0.25) is 0 Å². The molecule has 0 aliphatic carbocycles. The Morgan fingerprint density at radius 2 is 1.06 bits per heavy atom. The first kappa shape index (κ1) is 50.2. The Balaban J connectivity index is 4.19. The zero-order valence-corrected chi connectivity index (χ0v) is 35.3. The van der Waals surface area contributed by atoms with Crippen molar-refractivity contribution in [3.8, 4) is 0 Å². The summed E-state index contributed by atoms with van der Waals surface area (Å²) in [6.45, 7) is 4.85. The smallest absolute Gasteiger partial charge is 0.391 e. The molecule has 0 spiro atoms. The standard InChI is InChI=1S/C42H85N2O6P/c1-6-8-10-12-14-16-17-18-19-20-21-22-23-24-25-26-27-28-30-32-34-36-42(46)43-40(39-50-51(47,48)49-38-37-44(3,4)5)41(45)35-33-31-29-15-13-11-9-7-2/h20-21,40-41,45H,6-19,22-39H2,1-5H3,(H-,43,46,47,48)/p+1/b21-20-. The number of aliphatic hydroxyl groups excluding tert-OH is 1. The summed E-state index contributed by atoms with van der Waals surface area (Å²) < 4.78 is 23.5. The van der Waals surface area contributed by atoms with Crippen LogP contribution in [0.5, 0.6) is 0 Å². The van der Waals surface area contributed by atoms with E-state index in [1.165, 1.54) is 135 Å². The molecule has 0 bridgehead atoms. The van der Waals surface area contributed by atoms with E-state index < -0.39 is 20.0 Å². The Bertz CT molecular complexity index is 850. The van der Waals surface area contributed by atoms with Gasteiger partial charge in [0.05, 0.1) is 39.9 Å². The fourth-order valence-corrected chi connectivity index (χ4v) is 7.01. The van der Waals surface area contributed by atoms with Crippen molar-refractivity contribution < 1.29 is 32.9 Å². The molecule has 0 aliphatic rings. The zero-order valence-electron chi connectivity index (χ0n) is 34.4. The van der Waals surface area contributed by atoms with Gasteiger partial charge < -0.3 is 19.8 Å². The molecule has 3 N–H and O–H groups in total. The number of nitrogens with zero attached hydrogens (tertiary/aromatic N) is 1. The molecule has 8 nitrogen and oxygen atoms in total. The van der Waals surface area contributed by atoms with Gasteiger partial charge >= 0.3 is 7.82 Å². The van der Waals surface area contributed by atoms with Crippen LogP contribution < -0.4 is 5.32 Å². The maximum absolute atomic E-state index is 12.8. The summed E-state index contributed by atoms with van der Waals surface area (Å²) >= 11 is 0. The van der Waals surface area contributed by atoms with Crippen molar-refractivity contribution in [1.82, 2.24) is 5.32 Å². The number of carbonyl (C=O) groups is 1. The van der Waals surface area contributed by atoms with Crippen LogP contribution in [0.1, 0.15) is 200 Å². The molecule has 0 fully saturated rings. The minimum atomic E-state index is -4.30. The van der Waals surface area contributed by atoms with Gasteiger partial charge in [0.15, 0.2) is 0 Å². The van der Waals surface area contributed by atoms with Crippen LogP contribution in [-0.4, -0.2) is 73.4 Å². The number of likely N-dealkylation sites (N-methyl/N-ethyl adjacent to an activating group) is 1. The highest BCUT2D eigenvalue weighted by molar-refractivity contribution is 7.47. The lowest BCUT2D eigenvalue weighted by Crippen LogP contribution is -2.46. The molecular formula is C42H86N2O6P+. The lowest BCUT2D eigenvalue weighted by molar-refractivity contribution is -0.870. The first-order valence-corrected chi connectivity index (χ1v) is 23.0. The lowest BCUT2D eigenvalue weighted by atomic mass is 10.0. The maximum atomic E-state index is 12.8. The minimum Gasteiger partial charge on any atom is -0.391 e. The van der Waals surface area contributed by atoms with Crippen LogP contribution in [0.15, 0.2) is 12.2 Å². The monoisotopic (exact) mass is 746 g/mol. The van der Waals surface area contributed by atoms with E-state index in [1.54, 1.807) is 0 Å². The second kappa shape index (κ2) is 35.0. The van der Waals surface area contributed by atoms with E-state index in [2.05, 4.69) is 31.3 Å². The third-order valence-electron chi connectivity index (χ3n) is 9.76. The second-order valence-electron chi connectivity index (χ2n) is 16.1. The molecule has 0 radical (unpaired) electrons. The van der Waals surface area contributed by atoms with Crippen molar-refractivity contribution in [2.75, 3.05) is 40.9 Å². The minimum absolute atomic E-state index is 0.0756. The van der Waals surface area contributed by atoms with Crippen molar-refractivity contribution in [3.63, 3.8) is 0 Å². The van der Waals surface area contributed by atoms with Gasteiger partial charge in [-0.25, -0.2) is 4.57 Å². The van der Waals surface area contributed by atoms with Gasteiger partial charge in [-0.05, 0) is 38.5 Å². The predicted octanol–water partition coefficient (Wildman–Crippen LogP) is 11.6. The van der Waals surface area contributed by atoms with E-state index in [1.807, 2.05) is 21.1 Å². The molecule has 0 aromatic carbocycles. The van der Waals surface area contributed by atoms with Gasteiger partial charge in [-0.1, -0.05) is 167 Å². The highest BCUT2D eigenvalue weighted by Gasteiger charge is 2.28. The van der Waals surface area contributed by atoms with Crippen LogP contribution in [-0.2, 0) is 18.4 Å². The molecule has 0 heterocycles. The molecule has 3 atom stereocenters. The quantitative estimate of drug-likeness (QED) is 0.0250. The Hall–Kier alpha value is -0.760. The van der Waals surface area contributed by atoms with E-state index in [4.69, 9.17) is 9.05 Å². The summed E-state index contributed by atoms with van der Waals surface area (Å²) in [5.41, 5.74) is 0. The molecule has 0 aliphatic heterocycles. The Morgan fingerprint density at radius 3 is 1.51 bits per heavy atom. The Labute approximate surface area is 316 Å². The predicted molar refractivity (Wildman–Crippen MR) is 217 cm³/mol. The average molecular weight is 746 g/mol. The van der Waals surface area contributed by atoms with Gasteiger partial charge in [0.25, 0.3) is 0 Å². The van der Waals surface area contributed by atoms with Crippen LogP contribution >= 0.6 is 7.82 Å².